The Hall–Kier alpha value is 0.720. The highest BCUT2D eigenvalue weighted by Crippen LogP contribution is 2.29. The van der Waals surface area contributed by atoms with Crippen LogP contribution in [0.2, 0.25) is 0 Å². The SMILES string of the molecule is C[PH+](C)Cl. The van der Waals surface area contributed by atoms with E-state index in [9.17, 15) is 0 Å². The first-order chi connectivity index (χ1) is 1.73. The molecular weight excluding hydrogens is 90.4 g/mol. The van der Waals surface area contributed by atoms with Gasteiger partial charge in [-0.25, -0.2) is 0 Å². The molecule has 0 nitrogen and oxygen atoms in total. The maximum absolute atomic E-state index is 5.38. The maximum Gasteiger partial charge on any atom is 0.0943 e. The average Bonchev–Trinajstić information content (AvgIpc) is 0.811. The van der Waals surface area contributed by atoms with Gasteiger partial charge in [-0.05, 0) is 0 Å². The van der Waals surface area contributed by atoms with Gasteiger partial charge in [0.05, 0.1) is 31.8 Å². The lowest BCUT2D eigenvalue weighted by atomic mass is 11.9. The summed E-state index contributed by atoms with van der Waals surface area (Å²) in [5, 5.41) is 0. The summed E-state index contributed by atoms with van der Waals surface area (Å²) >= 11 is 5.38. The van der Waals surface area contributed by atoms with Crippen molar-refractivity contribution in [1.29, 1.82) is 0 Å². The van der Waals surface area contributed by atoms with Gasteiger partial charge < -0.3 is 0 Å². The summed E-state index contributed by atoms with van der Waals surface area (Å²) in [6.45, 7) is 4.07. The molecule has 0 bridgehead atoms. The van der Waals surface area contributed by atoms with Gasteiger partial charge in [0, 0.05) is 0 Å². The van der Waals surface area contributed by atoms with Crippen LogP contribution in [0.25, 0.3) is 0 Å². The van der Waals surface area contributed by atoms with Crippen LogP contribution in [0, 0.1) is 0 Å². The van der Waals surface area contributed by atoms with E-state index < -0.39 is 7.27 Å². The van der Waals surface area contributed by atoms with E-state index in [2.05, 4.69) is 0 Å². The molecule has 0 rings (SSSR count). The Labute approximate surface area is 32.7 Å². The lowest BCUT2D eigenvalue weighted by molar-refractivity contribution is 2.29. The molecule has 0 saturated carbocycles. The lowest BCUT2D eigenvalue weighted by Crippen LogP contribution is -1.36. The maximum atomic E-state index is 5.38. The Balaban J connectivity index is 2.32. The van der Waals surface area contributed by atoms with Crippen LogP contribution in [0.1, 0.15) is 0 Å². The lowest BCUT2D eigenvalue weighted by Gasteiger charge is -1.65. The molecule has 0 atom stereocenters. The van der Waals surface area contributed by atoms with Gasteiger partial charge in [-0.3, -0.25) is 0 Å². The van der Waals surface area contributed by atoms with Crippen molar-refractivity contribution in [3.63, 3.8) is 0 Å². The van der Waals surface area contributed by atoms with Crippen molar-refractivity contribution in [2.24, 2.45) is 0 Å². The van der Waals surface area contributed by atoms with Crippen LogP contribution in [0.3, 0.4) is 0 Å². The standard InChI is InChI=1S/C2H6ClP/c1-4(2)3/h1-2H3/p+1. The number of rotatable bonds is 0. The number of hydrogen-bond donors (Lipinski definition) is 0. The molecule has 0 spiro atoms. The van der Waals surface area contributed by atoms with E-state index in [1.807, 2.05) is 13.3 Å². The molecule has 0 fully saturated rings. The van der Waals surface area contributed by atoms with Crippen molar-refractivity contribution < 1.29 is 0 Å². The highest BCUT2D eigenvalue weighted by Gasteiger charge is 1.81. The molecule has 0 amide bonds. The molecule has 0 aromatic heterocycles. The summed E-state index contributed by atoms with van der Waals surface area (Å²) in [4.78, 5) is 0. The topological polar surface area (TPSA) is 0 Å². The third kappa shape index (κ3) is 15.5. The number of hydrogen-bond acceptors (Lipinski definition) is 0. The minimum atomic E-state index is -0.407. The van der Waals surface area contributed by atoms with Gasteiger partial charge in [0.1, 0.15) is 0 Å². The van der Waals surface area contributed by atoms with Gasteiger partial charge >= 0.3 is 0 Å². The van der Waals surface area contributed by atoms with Crippen molar-refractivity contribution in [2.75, 3.05) is 13.3 Å². The smallest absolute Gasteiger partial charge is 0.0623 e. The fourth-order valence-corrected chi connectivity index (χ4v) is 0. The van der Waals surface area contributed by atoms with E-state index in [1.165, 1.54) is 0 Å². The largest absolute Gasteiger partial charge is 0.0943 e. The second kappa shape index (κ2) is 1.99. The molecule has 26 valence electrons. The van der Waals surface area contributed by atoms with Crippen LogP contribution in [0.4, 0.5) is 0 Å². The zero-order chi connectivity index (χ0) is 3.58. The van der Waals surface area contributed by atoms with Crippen molar-refractivity contribution >= 4 is 18.5 Å². The van der Waals surface area contributed by atoms with Crippen molar-refractivity contribution in [1.82, 2.24) is 0 Å². The van der Waals surface area contributed by atoms with Crippen LogP contribution in [-0.4, -0.2) is 13.3 Å². The Bertz CT molecular complexity index is 10.8. The minimum absolute atomic E-state index is 0.407. The highest BCUT2D eigenvalue weighted by atomic mass is 35.7. The Morgan fingerprint density at radius 3 is 1.50 bits per heavy atom. The van der Waals surface area contributed by atoms with Gasteiger partial charge in [-0.2, -0.15) is 0 Å². The second-order valence-corrected chi connectivity index (χ2v) is 4.90. The van der Waals surface area contributed by atoms with E-state index in [0.717, 1.165) is 0 Å². The molecule has 0 aliphatic rings. The molecule has 0 aromatic carbocycles. The summed E-state index contributed by atoms with van der Waals surface area (Å²) in [5.41, 5.74) is 0. The normalized spacial score (nSPS) is 9.00. The van der Waals surface area contributed by atoms with Gasteiger partial charge in [0.15, 0.2) is 0 Å². The Morgan fingerprint density at radius 2 is 1.50 bits per heavy atom. The summed E-state index contributed by atoms with van der Waals surface area (Å²) in [6, 6.07) is 0. The predicted octanol–water partition coefficient (Wildman–Crippen LogP) is 1.61. The quantitative estimate of drug-likeness (QED) is 0.403. The van der Waals surface area contributed by atoms with E-state index in [-0.39, 0.29) is 0 Å². The van der Waals surface area contributed by atoms with Gasteiger partial charge in [0.25, 0.3) is 0 Å². The average molecular weight is 97.5 g/mol. The summed E-state index contributed by atoms with van der Waals surface area (Å²) < 4.78 is 0. The van der Waals surface area contributed by atoms with Crippen molar-refractivity contribution in [3.05, 3.63) is 0 Å². The molecule has 2 heteroatoms. The first kappa shape index (κ1) is 4.72. The number of halogens is 1. The van der Waals surface area contributed by atoms with Crippen LogP contribution in [0.15, 0.2) is 0 Å². The Morgan fingerprint density at radius 1 is 1.50 bits per heavy atom. The first-order valence-corrected chi connectivity index (χ1v) is 4.70. The minimum Gasteiger partial charge on any atom is 0.0623 e. The van der Waals surface area contributed by atoms with Crippen LogP contribution < -0.4 is 0 Å². The predicted molar refractivity (Wildman–Crippen MR) is 26.0 cm³/mol. The molecule has 0 aliphatic heterocycles. The summed E-state index contributed by atoms with van der Waals surface area (Å²) in [7, 11) is -0.407. The van der Waals surface area contributed by atoms with E-state index >= 15 is 0 Å². The van der Waals surface area contributed by atoms with E-state index in [4.69, 9.17) is 11.2 Å². The third-order valence-corrected chi connectivity index (χ3v) is 0. The van der Waals surface area contributed by atoms with Gasteiger partial charge in [0.2, 0.25) is 0 Å². The molecule has 4 heavy (non-hydrogen) atoms. The Kier molecular flexibility index (Phi) is 2.35. The zero-order valence-corrected chi connectivity index (χ0v) is 4.63. The molecule has 0 aliphatic carbocycles. The van der Waals surface area contributed by atoms with Crippen LogP contribution in [-0.2, 0) is 0 Å². The fraction of sp³-hybridized carbons (Fsp3) is 1.00. The first-order valence-electron chi connectivity index (χ1n) is 1.19. The molecule has 0 radical (unpaired) electrons. The summed E-state index contributed by atoms with van der Waals surface area (Å²) in [6.07, 6.45) is 0. The van der Waals surface area contributed by atoms with E-state index in [0.29, 0.717) is 0 Å². The zero-order valence-electron chi connectivity index (χ0n) is 2.88. The monoisotopic (exact) mass is 97.0 g/mol. The van der Waals surface area contributed by atoms with Crippen molar-refractivity contribution in [2.45, 2.75) is 0 Å². The summed E-state index contributed by atoms with van der Waals surface area (Å²) in [5.74, 6) is 0. The second-order valence-electron chi connectivity index (χ2n) is 0.878. The van der Waals surface area contributed by atoms with Crippen molar-refractivity contribution in [3.8, 4) is 0 Å². The highest BCUT2D eigenvalue weighted by molar-refractivity contribution is 7.82. The van der Waals surface area contributed by atoms with Crippen LogP contribution >= 0.6 is 18.5 Å². The van der Waals surface area contributed by atoms with Gasteiger partial charge in [-0.15, -0.1) is 0 Å². The molecular formula is C2H7ClP+. The van der Waals surface area contributed by atoms with Crippen LogP contribution in [0.5, 0.6) is 0 Å². The third-order valence-electron chi connectivity index (χ3n) is 0. The molecule has 0 aromatic rings. The van der Waals surface area contributed by atoms with E-state index in [1.54, 1.807) is 0 Å². The van der Waals surface area contributed by atoms with Gasteiger partial charge in [-0.1, -0.05) is 0 Å². The molecule has 0 unspecified atom stereocenters. The molecule has 0 N–H and O–H groups in total. The fourth-order valence-electron chi connectivity index (χ4n) is 0. The molecule has 0 saturated heterocycles. The molecule has 0 heterocycles.